The predicted molar refractivity (Wildman–Crippen MR) is 30.2 cm³/mol. The van der Waals surface area contributed by atoms with E-state index in [9.17, 15) is 0 Å². The Morgan fingerprint density at radius 1 is 1.17 bits per heavy atom. The first kappa shape index (κ1) is 38.8. The van der Waals surface area contributed by atoms with Gasteiger partial charge in [0.25, 0.3) is 0 Å². The molecule has 0 aromatic heterocycles. The second-order valence-corrected chi connectivity index (χ2v) is 0. The van der Waals surface area contributed by atoms with E-state index in [4.69, 9.17) is 0 Å². The topological polar surface area (TPSA) is 0 Å². The molecule has 0 aliphatic carbocycles. The third-order valence-electron chi connectivity index (χ3n) is 0. The zero-order valence-corrected chi connectivity index (χ0v) is 9.76. The molecule has 3 radical (unpaired) electrons. The van der Waals surface area contributed by atoms with Gasteiger partial charge in [0.2, 0.25) is 0 Å². The van der Waals surface area contributed by atoms with Crippen molar-refractivity contribution >= 4 is 22.7 Å². The van der Waals surface area contributed by atoms with Crippen LogP contribution in [0.25, 0.3) is 0 Å². The maximum Gasteiger partial charge on any atom is 0 e. The van der Waals surface area contributed by atoms with Gasteiger partial charge in [0.15, 0.2) is 0 Å². The Morgan fingerprint density at radius 3 is 1.17 bits per heavy atom. The van der Waals surface area contributed by atoms with Crippen LogP contribution >= 0.6 is 22.7 Å². The molecule has 0 rings (SSSR count). The third-order valence-corrected chi connectivity index (χ3v) is 0. The van der Waals surface area contributed by atoms with Gasteiger partial charge in [0, 0.05) is 58.5 Å². The van der Waals surface area contributed by atoms with Gasteiger partial charge in [0.05, 0.1) is 0 Å². The molecule has 1 unspecified atom stereocenters. The van der Waals surface area contributed by atoms with Crippen molar-refractivity contribution in [3.05, 3.63) is 0 Å². The van der Waals surface area contributed by atoms with E-state index in [1.807, 2.05) is 6.66 Å². The molecule has 0 amide bonds. The van der Waals surface area contributed by atoms with Gasteiger partial charge in [0.1, 0.15) is 0 Å². The average Bonchev–Trinajstić information content (AvgIpc) is 1.00. The summed E-state index contributed by atoms with van der Waals surface area (Å²) in [4.78, 5) is 0. The first-order chi connectivity index (χ1) is 1.00. The van der Waals surface area contributed by atoms with Crippen LogP contribution in [-0.4, -0.2) is 6.66 Å². The molecule has 0 spiro atoms. The number of hydrogen-bond donors (Lipinski definition) is 0. The van der Waals surface area contributed by atoms with Crippen LogP contribution in [0, 0.1) is 0 Å². The molecule has 0 aliphatic heterocycles. The SMILES string of the molecule is CP.S.[3HH].[HH].[V].[V].[V]. The van der Waals surface area contributed by atoms with E-state index < -0.39 is 0 Å². The van der Waals surface area contributed by atoms with E-state index in [1.54, 1.807) is 0 Å². The van der Waals surface area contributed by atoms with Crippen molar-refractivity contribution in [3.63, 3.8) is 0 Å². The molecule has 0 aromatic rings. The van der Waals surface area contributed by atoms with Crippen LogP contribution < -0.4 is 0 Å². The first-order valence-corrected chi connectivity index (χ1v) is 1.73. The van der Waals surface area contributed by atoms with Gasteiger partial charge < -0.3 is 0 Å². The van der Waals surface area contributed by atoms with Gasteiger partial charge >= 0.3 is 0 Å². The fourth-order valence-corrected chi connectivity index (χ4v) is 0. The largest absolute Gasteiger partial charge is 0.197 e. The molecule has 0 saturated heterocycles. The molecule has 0 bridgehead atoms. The van der Waals surface area contributed by atoms with Crippen molar-refractivity contribution in [1.29, 1.82) is 0 Å². The van der Waals surface area contributed by atoms with Crippen molar-refractivity contribution < 1.29 is 58.5 Å². The van der Waals surface area contributed by atoms with Crippen molar-refractivity contribution in [2.45, 2.75) is 0 Å². The fourth-order valence-electron chi connectivity index (χ4n) is 0. The minimum atomic E-state index is 0. The maximum atomic E-state index is 2.42. The number of rotatable bonds is 0. The molecule has 0 nitrogen and oxygen atoms in total. The van der Waals surface area contributed by atoms with Gasteiger partial charge in [-0.2, -0.15) is 13.5 Å². The molecule has 1 atom stereocenters. The van der Waals surface area contributed by atoms with Crippen LogP contribution in [0.15, 0.2) is 0 Å². The smallest absolute Gasteiger partial charge is 0 e. The van der Waals surface area contributed by atoms with E-state index in [0.29, 0.717) is 0 Å². The standard InChI is InChI=1S/CH5P.H2S.3V.2H2/c1-2;;;;;;/h2H2,1H3;1H2;;;;2*1H/i;;;;;1+2;. The first-order valence-electron chi connectivity index (χ1n) is 0.577. The summed E-state index contributed by atoms with van der Waals surface area (Å²) >= 11 is 0. The van der Waals surface area contributed by atoms with Gasteiger partial charge in [-0.25, -0.2) is 0 Å². The molecular weight excluding hydrogens is 228 g/mol. The van der Waals surface area contributed by atoms with Crippen molar-refractivity contribution in [1.82, 2.24) is 0 Å². The molecule has 0 saturated carbocycles. The van der Waals surface area contributed by atoms with Gasteiger partial charge in [-0.05, 0) is 0 Å². The van der Waals surface area contributed by atoms with E-state index in [0.717, 1.165) is 0 Å². The summed E-state index contributed by atoms with van der Waals surface area (Å²) < 4.78 is 0. The van der Waals surface area contributed by atoms with Gasteiger partial charge in [-0.1, -0.05) is 6.66 Å². The maximum absolute atomic E-state index is 2.42. The summed E-state index contributed by atoms with van der Waals surface area (Å²) in [5, 5.41) is 0. The summed E-state index contributed by atoms with van der Waals surface area (Å²) in [7, 11) is 2.42. The van der Waals surface area contributed by atoms with Crippen LogP contribution in [0.2, 0.25) is 0 Å². The Kier molecular flexibility index (Phi) is 324. The second-order valence-electron chi connectivity index (χ2n) is 0. The zero-order valence-electron chi connectivity index (χ0n) is 3.42. The monoisotopic (exact) mass is 241 g/mol. The predicted octanol–water partition coefficient (Wildman–Crippen LogP) is 1.09. The Bertz CT molecular complexity index is 17.2. The van der Waals surface area contributed by atoms with E-state index in [1.165, 1.54) is 0 Å². The van der Waals surface area contributed by atoms with Crippen LogP contribution in [0.4, 0.5) is 0 Å². The molecule has 0 N–H and O–H groups in total. The van der Waals surface area contributed by atoms with Gasteiger partial charge in [-0.15, -0.1) is 9.24 Å². The molecule has 6 heavy (non-hydrogen) atoms. The van der Waals surface area contributed by atoms with Gasteiger partial charge in [-0.3, -0.25) is 0 Å². The van der Waals surface area contributed by atoms with E-state index >= 15 is 0 Å². The van der Waals surface area contributed by atoms with Crippen molar-refractivity contribution in [2.24, 2.45) is 0 Å². The van der Waals surface area contributed by atoms with Crippen LogP contribution in [0.1, 0.15) is 2.85 Å². The average molecular weight is 241 g/mol. The molecule has 0 fully saturated rings. The molecule has 0 aliphatic rings. The van der Waals surface area contributed by atoms with Crippen LogP contribution in [-0.2, 0) is 55.7 Å². The Labute approximate surface area is 87.3 Å². The third kappa shape index (κ3) is 31.2. The molecule has 5 heteroatoms. The molecule has 0 aromatic carbocycles. The fraction of sp³-hybridized carbons (Fsp3) is 1.00. The molecule has 0 heterocycles. The zero-order chi connectivity index (χ0) is 2.00. The van der Waals surface area contributed by atoms with Crippen LogP contribution in [0.5, 0.6) is 0 Å². The summed E-state index contributed by atoms with van der Waals surface area (Å²) in [6, 6.07) is 0. The minimum Gasteiger partial charge on any atom is -0.197 e. The quantitative estimate of drug-likeness (QED) is 0.557. The summed E-state index contributed by atoms with van der Waals surface area (Å²) in [5.41, 5.74) is 0. The summed E-state index contributed by atoms with van der Waals surface area (Å²) in [5.74, 6) is 0. The van der Waals surface area contributed by atoms with E-state index in [-0.39, 0.29) is 72.0 Å². The second kappa shape index (κ2) is 50.1. The number of hydrogen-bond acceptors (Lipinski definition) is 0. The van der Waals surface area contributed by atoms with E-state index in [2.05, 4.69) is 9.24 Å². The normalized spacial score (nSPS) is 1.00. The van der Waals surface area contributed by atoms with Crippen molar-refractivity contribution in [3.8, 4) is 0 Å². The Balaban J connectivity index is -0.000000000333. The molecule has 41 valence electrons. The minimum absolute atomic E-state index is 0. The van der Waals surface area contributed by atoms with Crippen LogP contribution in [0.3, 0.4) is 0 Å². The molecular formula is CH11PSV3. The summed E-state index contributed by atoms with van der Waals surface area (Å²) in [6.45, 7) is 1.92. The Morgan fingerprint density at radius 2 is 1.17 bits per heavy atom. The Hall–Kier alpha value is 2.53. The van der Waals surface area contributed by atoms with Crippen molar-refractivity contribution in [2.75, 3.05) is 6.66 Å². The summed E-state index contributed by atoms with van der Waals surface area (Å²) in [6.07, 6.45) is 0.